The van der Waals surface area contributed by atoms with Crippen molar-refractivity contribution in [2.45, 2.75) is 13.0 Å². The summed E-state index contributed by atoms with van der Waals surface area (Å²) in [6, 6.07) is 1.66. The van der Waals surface area contributed by atoms with Crippen molar-refractivity contribution in [3.8, 4) is 0 Å². The van der Waals surface area contributed by atoms with E-state index in [9.17, 15) is 22.8 Å². The molecule has 0 bridgehead atoms. The first-order valence-electron chi connectivity index (χ1n) is 7.06. The Kier molecular flexibility index (Phi) is 4.11. The van der Waals surface area contributed by atoms with Gasteiger partial charge in [-0.15, -0.1) is 11.3 Å². The maximum atomic E-state index is 12.2. The molecule has 8 nitrogen and oxygen atoms in total. The van der Waals surface area contributed by atoms with Gasteiger partial charge in [-0.3, -0.25) is 14.2 Å². The molecule has 2 aromatic heterocycles. The Morgan fingerprint density at radius 1 is 1.43 bits per heavy atom. The third-order valence-corrected chi connectivity index (χ3v) is 6.50. The zero-order chi connectivity index (χ0) is 16.6. The van der Waals surface area contributed by atoms with Crippen molar-refractivity contribution in [3.63, 3.8) is 0 Å². The minimum atomic E-state index is -3.12. The van der Waals surface area contributed by atoms with Gasteiger partial charge < -0.3 is 10.3 Å². The Balaban J connectivity index is 1.66. The predicted molar refractivity (Wildman–Crippen MR) is 86.5 cm³/mol. The molecule has 0 aliphatic carbocycles. The van der Waals surface area contributed by atoms with Crippen molar-refractivity contribution in [2.24, 2.45) is 5.92 Å². The number of sulfone groups is 1. The van der Waals surface area contributed by atoms with Crippen LogP contribution in [0, 0.1) is 5.92 Å². The molecule has 10 heteroatoms. The van der Waals surface area contributed by atoms with Crippen LogP contribution < -0.4 is 16.6 Å². The fourth-order valence-corrected chi connectivity index (χ4v) is 5.15. The molecule has 1 amide bonds. The molecule has 3 heterocycles. The van der Waals surface area contributed by atoms with Gasteiger partial charge in [-0.2, -0.15) is 0 Å². The van der Waals surface area contributed by atoms with Gasteiger partial charge in [-0.25, -0.2) is 13.2 Å². The molecule has 0 radical (unpaired) electrons. The van der Waals surface area contributed by atoms with E-state index in [2.05, 4.69) is 10.3 Å². The number of aromatic nitrogens is 2. The van der Waals surface area contributed by atoms with Crippen molar-refractivity contribution >= 4 is 37.3 Å². The van der Waals surface area contributed by atoms with E-state index < -0.39 is 27.0 Å². The lowest BCUT2D eigenvalue weighted by Crippen LogP contribution is -2.40. The number of rotatable bonds is 4. The van der Waals surface area contributed by atoms with Crippen LogP contribution in [0.3, 0.4) is 0 Å². The normalized spacial score (nSPS) is 19.9. The molecule has 1 saturated heterocycles. The minimum absolute atomic E-state index is 0.0270. The molecule has 0 saturated carbocycles. The van der Waals surface area contributed by atoms with Crippen molar-refractivity contribution in [3.05, 3.63) is 32.3 Å². The Bertz CT molecular complexity index is 969. The van der Waals surface area contributed by atoms with Crippen LogP contribution in [0.2, 0.25) is 0 Å². The average Bonchev–Trinajstić information content (AvgIpc) is 3.08. The van der Waals surface area contributed by atoms with E-state index in [4.69, 9.17) is 0 Å². The zero-order valence-corrected chi connectivity index (χ0v) is 13.7. The van der Waals surface area contributed by atoms with Gasteiger partial charge in [0.25, 0.3) is 5.56 Å². The van der Waals surface area contributed by atoms with E-state index in [0.29, 0.717) is 16.6 Å². The van der Waals surface area contributed by atoms with Crippen molar-refractivity contribution in [2.75, 3.05) is 18.1 Å². The maximum absolute atomic E-state index is 12.2. The summed E-state index contributed by atoms with van der Waals surface area (Å²) in [6.45, 7) is 0.127. The number of H-pyrrole nitrogens is 1. The van der Waals surface area contributed by atoms with Gasteiger partial charge in [0, 0.05) is 13.1 Å². The van der Waals surface area contributed by atoms with Crippen LogP contribution >= 0.6 is 11.3 Å². The lowest BCUT2D eigenvalue weighted by atomic mass is 10.1. The molecule has 1 aliphatic heterocycles. The first kappa shape index (κ1) is 15.9. The van der Waals surface area contributed by atoms with Crippen LogP contribution in [-0.2, 0) is 21.2 Å². The second-order valence-electron chi connectivity index (χ2n) is 5.44. The van der Waals surface area contributed by atoms with Gasteiger partial charge in [0.05, 0.1) is 22.9 Å². The molecule has 2 aromatic rings. The third-order valence-electron chi connectivity index (χ3n) is 3.83. The summed E-state index contributed by atoms with van der Waals surface area (Å²) >= 11 is 1.24. The van der Waals surface area contributed by atoms with Gasteiger partial charge in [0.15, 0.2) is 9.84 Å². The summed E-state index contributed by atoms with van der Waals surface area (Å²) in [6.07, 6.45) is 0.315. The van der Waals surface area contributed by atoms with E-state index >= 15 is 0 Å². The predicted octanol–water partition coefficient (Wildman–Crippen LogP) is -0.698. The number of nitrogens with one attached hydrogen (secondary N) is 2. The Morgan fingerprint density at radius 3 is 2.91 bits per heavy atom. The standard InChI is InChI=1S/C13H15N3O5S2/c17-11(8-2-6-23(20,21)7-8)14-3-4-16-12(18)10-9(1-5-22-10)15-13(16)19/h1,5,8H,2-4,6-7H2,(H,14,17)(H,15,19)/t8-/m0/s1. The summed E-state index contributed by atoms with van der Waals surface area (Å²) in [5.74, 6) is -1.01. The van der Waals surface area contributed by atoms with Gasteiger partial charge in [0.2, 0.25) is 5.91 Å². The summed E-state index contributed by atoms with van der Waals surface area (Å²) in [5, 5.41) is 4.31. The molecular formula is C13H15N3O5S2. The Hall–Kier alpha value is -1.94. The van der Waals surface area contributed by atoms with Crippen LogP contribution in [0.1, 0.15) is 6.42 Å². The first-order chi connectivity index (χ1) is 10.9. The molecule has 0 unspecified atom stereocenters. The smallest absolute Gasteiger partial charge is 0.328 e. The van der Waals surface area contributed by atoms with Gasteiger partial charge in [0.1, 0.15) is 4.70 Å². The second-order valence-corrected chi connectivity index (χ2v) is 8.59. The van der Waals surface area contributed by atoms with Crippen LogP contribution in [-0.4, -0.2) is 41.9 Å². The monoisotopic (exact) mass is 357 g/mol. The van der Waals surface area contributed by atoms with Gasteiger partial charge in [-0.1, -0.05) is 0 Å². The number of fused-ring (bicyclic) bond motifs is 1. The second kappa shape index (κ2) is 5.93. The van der Waals surface area contributed by atoms with E-state index in [1.807, 2.05) is 0 Å². The first-order valence-corrected chi connectivity index (χ1v) is 9.76. The fraction of sp³-hybridized carbons (Fsp3) is 0.462. The quantitative estimate of drug-likeness (QED) is 0.750. The number of thiophene rings is 1. The molecule has 2 N–H and O–H groups in total. The summed E-state index contributed by atoms with van der Waals surface area (Å²) in [5.41, 5.74) is -0.420. The third kappa shape index (κ3) is 3.22. The number of nitrogens with zero attached hydrogens (tertiary/aromatic N) is 1. The molecule has 0 spiro atoms. The fourth-order valence-electron chi connectivity index (χ4n) is 2.61. The number of aromatic amines is 1. The lowest BCUT2D eigenvalue weighted by molar-refractivity contribution is -0.124. The summed E-state index contributed by atoms with van der Waals surface area (Å²) < 4.78 is 24.2. The maximum Gasteiger partial charge on any atom is 0.328 e. The van der Waals surface area contributed by atoms with Crippen molar-refractivity contribution in [1.82, 2.24) is 14.9 Å². The summed E-state index contributed by atoms with van der Waals surface area (Å²) in [7, 11) is -3.12. The average molecular weight is 357 g/mol. The highest BCUT2D eigenvalue weighted by Gasteiger charge is 2.32. The number of hydrogen-bond donors (Lipinski definition) is 2. The highest BCUT2D eigenvalue weighted by molar-refractivity contribution is 7.91. The van der Waals surface area contributed by atoms with Crippen LogP contribution in [0.4, 0.5) is 0 Å². The SMILES string of the molecule is O=C(NCCn1c(=O)[nH]c2ccsc2c1=O)[C@H]1CCS(=O)(=O)C1. The van der Waals surface area contributed by atoms with E-state index in [1.165, 1.54) is 11.3 Å². The molecule has 1 fully saturated rings. The highest BCUT2D eigenvalue weighted by Crippen LogP contribution is 2.18. The molecular weight excluding hydrogens is 342 g/mol. The molecule has 0 aromatic carbocycles. The number of carbonyl (C=O) groups is 1. The summed E-state index contributed by atoms with van der Waals surface area (Å²) in [4.78, 5) is 38.6. The van der Waals surface area contributed by atoms with Crippen LogP contribution in [0.25, 0.3) is 10.2 Å². The Morgan fingerprint density at radius 2 is 2.22 bits per heavy atom. The molecule has 1 aliphatic rings. The Labute approximate surface area is 135 Å². The van der Waals surface area contributed by atoms with E-state index in [-0.39, 0.29) is 30.5 Å². The number of hydrogen-bond acceptors (Lipinski definition) is 6. The lowest BCUT2D eigenvalue weighted by Gasteiger charge is -2.10. The molecule has 1 atom stereocenters. The molecule has 23 heavy (non-hydrogen) atoms. The molecule has 124 valence electrons. The largest absolute Gasteiger partial charge is 0.354 e. The topological polar surface area (TPSA) is 118 Å². The van der Waals surface area contributed by atoms with Crippen molar-refractivity contribution in [1.29, 1.82) is 0 Å². The van der Waals surface area contributed by atoms with Gasteiger partial charge >= 0.3 is 5.69 Å². The van der Waals surface area contributed by atoms with Gasteiger partial charge in [-0.05, 0) is 17.9 Å². The van der Waals surface area contributed by atoms with E-state index in [0.717, 1.165) is 4.57 Å². The highest BCUT2D eigenvalue weighted by atomic mass is 32.2. The van der Waals surface area contributed by atoms with E-state index in [1.54, 1.807) is 11.4 Å². The van der Waals surface area contributed by atoms with Crippen molar-refractivity contribution < 1.29 is 13.2 Å². The number of amides is 1. The zero-order valence-electron chi connectivity index (χ0n) is 12.1. The van der Waals surface area contributed by atoms with Crippen LogP contribution in [0.5, 0.6) is 0 Å². The minimum Gasteiger partial charge on any atom is -0.354 e. The van der Waals surface area contributed by atoms with Crippen LogP contribution in [0.15, 0.2) is 21.0 Å². The number of carbonyl (C=O) groups excluding carboxylic acids is 1. The molecule has 3 rings (SSSR count).